The van der Waals surface area contributed by atoms with Crippen LogP contribution in [-0.4, -0.2) is 71.9 Å². The summed E-state index contributed by atoms with van der Waals surface area (Å²) < 4.78 is 16.4. The Labute approximate surface area is 186 Å². The van der Waals surface area contributed by atoms with Gasteiger partial charge in [-0.1, -0.05) is 0 Å². The number of nitrogens with zero attached hydrogens (tertiary/aromatic N) is 3. The molecule has 1 atom stereocenters. The van der Waals surface area contributed by atoms with Crippen molar-refractivity contribution in [2.75, 3.05) is 38.2 Å². The number of carbonyl (C=O) groups is 1. The van der Waals surface area contributed by atoms with Crippen molar-refractivity contribution in [3.63, 3.8) is 0 Å². The SMILES string of the molecule is CCOC(=O)C1Cc2c(sc3ncnc(N[C@H]4CC[C@H](N5CCOCC5)CC4)c23)CO1. The van der Waals surface area contributed by atoms with Gasteiger partial charge in [0.2, 0.25) is 0 Å². The molecular weight excluding hydrogens is 416 g/mol. The van der Waals surface area contributed by atoms with Crippen molar-refractivity contribution in [1.29, 1.82) is 0 Å². The summed E-state index contributed by atoms with van der Waals surface area (Å²) in [6.45, 7) is 6.42. The quantitative estimate of drug-likeness (QED) is 0.702. The van der Waals surface area contributed by atoms with E-state index in [1.807, 2.05) is 6.92 Å². The molecule has 1 saturated heterocycles. The first-order chi connectivity index (χ1) is 15.2. The Bertz CT molecular complexity index is 922. The van der Waals surface area contributed by atoms with Gasteiger partial charge in [0.05, 0.1) is 31.8 Å². The summed E-state index contributed by atoms with van der Waals surface area (Å²) in [5.41, 5.74) is 1.13. The molecule has 0 aromatic carbocycles. The average Bonchev–Trinajstić information content (AvgIpc) is 3.19. The standard InChI is InChI=1S/C22H30N4O4S/c1-2-29-22(27)17-11-16-18(12-30-17)31-21-19(16)20(23-13-24-21)25-14-3-5-15(6-4-14)26-7-9-28-10-8-26/h13-15,17H,2-12H2,1H3,(H,23,24,25)/t14-,15-,17?. The third kappa shape index (κ3) is 4.41. The van der Waals surface area contributed by atoms with Crippen LogP contribution in [-0.2, 0) is 32.0 Å². The van der Waals surface area contributed by atoms with Crippen LogP contribution in [0.3, 0.4) is 0 Å². The van der Waals surface area contributed by atoms with E-state index in [9.17, 15) is 4.79 Å². The largest absolute Gasteiger partial charge is 0.464 e. The Morgan fingerprint density at radius 3 is 2.84 bits per heavy atom. The van der Waals surface area contributed by atoms with Crippen LogP contribution < -0.4 is 5.32 Å². The molecule has 9 heteroatoms. The van der Waals surface area contributed by atoms with E-state index in [1.165, 1.54) is 12.8 Å². The molecule has 0 bridgehead atoms. The molecule has 168 valence electrons. The molecule has 4 heterocycles. The predicted octanol–water partition coefficient (Wildman–Crippen LogP) is 2.75. The van der Waals surface area contributed by atoms with Gasteiger partial charge in [-0.25, -0.2) is 14.8 Å². The lowest BCUT2D eigenvalue weighted by atomic mass is 9.90. The van der Waals surface area contributed by atoms with Gasteiger partial charge in [0.25, 0.3) is 0 Å². The summed E-state index contributed by atoms with van der Waals surface area (Å²) in [5.74, 6) is 0.599. The number of nitrogens with one attached hydrogen (secondary N) is 1. The zero-order chi connectivity index (χ0) is 21.2. The summed E-state index contributed by atoms with van der Waals surface area (Å²) in [6, 6.07) is 1.08. The second-order valence-electron chi connectivity index (χ2n) is 8.46. The minimum absolute atomic E-state index is 0.291. The van der Waals surface area contributed by atoms with Gasteiger partial charge in [0, 0.05) is 36.5 Å². The Morgan fingerprint density at radius 2 is 2.06 bits per heavy atom. The number of thiophene rings is 1. The van der Waals surface area contributed by atoms with E-state index in [1.54, 1.807) is 17.7 Å². The fourth-order valence-electron chi connectivity index (χ4n) is 5.01. The molecule has 2 aromatic rings. The molecule has 3 aliphatic rings. The number of esters is 1. The van der Waals surface area contributed by atoms with Gasteiger partial charge in [-0.2, -0.15) is 0 Å². The molecule has 2 aromatic heterocycles. The van der Waals surface area contributed by atoms with Crippen molar-refractivity contribution in [1.82, 2.24) is 14.9 Å². The lowest BCUT2D eigenvalue weighted by Crippen LogP contribution is -2.46. The average molecular weight is 447 g/mol. The van der Waals surface area contributed by atoms with Crippen LogP contribution in [0.1, 0.15) is 43.0 Å². The maximum atomic E-state index is 12.2. The number of aromatic nitrogens is 2. The first kappa shape index (κ1) is 21.1. The molecule has 0 radical (unpaired) electrons. The van der Waals surface area contributed by atoms with Crippen LogP contribution in [0.15, 0.2) is 6.33 Å². The van der Waals surface area contributed by atoms with Crippen molar-refractivity contribution < 1.29 is 19.0 Å². The highest BCUT2D eigenvalue weighted by atomic mass is 32.1. The second-order valence-corrected chi connectivity index (χ2v) is 9.54. The molecule has 8 nitrogen and oxygen atoms in total. The highest BCUT2D eigenvalue weighted by Gasteiger charge is 2.32. The molecule has 1 aliphatic carbocycles. The summed E-state index contributed by atoms with van der Waals surface area (Å²) in [4.78, 5) is 26.0. The maximum Gasteiger partial charge on any atom is 0.335 e. The summed E-state index contributed by atoms with van der Waals surface area (Å²) in [5, 5.41) is 4.76. The maximum absolute atomic E-state index is 12.2. The van der Waals surface area contributed by atoms with Crippen LogP contribution in [0.4, 0.5) is 5.82 Å². The van der Waals surface area contributed by atoms with Crippen LogP contribution in [0, 0.1) is 0 Å². The Hall–Kier alpha value is -1.81. The van der Waals surface area contributed by atoms with E-state index in [0.717, 1.165) is 65.6 Å². The van der Waals surface area contributed by atoms with Crippen molar-refractivity contribution in [3.05, 3.63) is 16.8 Å². The monoisotopic (exact) mass is 446 g/mol. The summed E-state index contributed by atoms with van der Waals surface area (Å²) >= 11 is 1.64. The van der Waals surface area contributed by atoms with Gasteiger partial charge in [-0.15, -0.1) is 11.3 Å². The van der Waals surface area contributed by atoms with E-state index in [2.05, 4.69) is 20.2 Å². The van der Waals surface area contributed by atoms with E-state index in [4.69, 9.17) is 14.2 Å². The number of hydrogen-bond acceptors (Lipinski definition) is 9. The molecule has 1 unspecified atom stereocenters. The van der Waals surface area contributed by atoms with Crippen molar-refractivity contribution >= 4 is 33.3 Å². The van der Waals surface area contributed by atoms with Gasteiger partial charge in [0.15, 0.2) is 6.10 Å². The lowest BCUT2D eigenvalue weighted by molar-refractivity contribution is -0.158. The summed E-state index contributed by atoms with van der Waals surface area (Å²) in [6.07, 6.45) is 6.26. The van der Waals surface area contributed by atoms with E-state index >= 15 is 0 Å². The third-order valence-corrected chi connectivity index (χ3v) is 7.74. The minimum Gasteiger partial charge on any atom is -0.464 e. The fraction of sp³-hybridized carbons (Fsp3) is 0.682. The molecule has 5 rings (SSSR count). The number of carbonyl (C=O) groups excluding carboxylic acids is 1. The fourth-order valence-corrected chi connectivity index (χ4v) is 6.10. The van der Waals surface area contributed by atoms with Crippen molar-refractivity contribution in [2.24, 2.45) is 0 Å². The van der Waals surface area contributed by atoms with Gasteiger partial charge >= 0.3 is 5.97 Å². The number of rotatable bonds is 5. The first-order valence-electron chi connectivity index (χ1n) is 11.3. The lowest BCUT2D eigenvalue weighted by Gasteiger charge is -2.39. The van der Waals surface area contributed by atoms with Crippen LogP contribution in [0.2, 0.25) is 0 Å². The Balaban J connectivity index is 1.30. The first-order valence-corrected chi connectivity index (χ1v) is 12.2. The molecule has 0 spiro atoms. The van der Waals surface area contributed by atoms with Crippen molar-refractivity contribution in [3.8, 4) is 0 Å². The molecule has 1 saturated carbocycles. The van der Waals surface area contributed by atoms with E-state index in [0.29, 0.717) is 31.7 Å². The minimum atomic E-state index is -0.553. The smallest absolute Gasteiger partial charge is 0.335 e. The van der Waals surface area contributed by atoms with Crippen molar-refractivity contribution in [2.45, 2.75) is 63.8 Å². The Kier molecular flexibility index (Phi) is 6.36. The molecule has 2 aliphatic heterocycles. The molecule has 31 heavy (non-hydrogen) atoms. The van der Waals surface area contributed by atoms with Crippen LogP contribution >= 0.6 is 11.3 Å². The van der Waals surface area contributed by atoms with Gasteiger partial charge < -0.3 is 19.5 Å². The number of anilines is 1. The van der Waals surface area contributed by atoms with Gasteiger partial charge in [-0.05, 0) is 38.2 Å². The summed E-state index contributed by atoms with van der Waals surface area (Å²) in [7, 11) is 0. The van der Waals surface area contributed by atoms with Crippen LogP contribution in [0.5, 0.6) is 0 Å². The zero-order valence-electron chi connectivity index (χ0n) is 18.0. The predicted molar refractivity (Wildman–Crippen MR) is 118 cm³/mol. The van der Waals surface area contributed by atoms with Gasteiger partial charge in [-0.3, -0.25) is 4.90 Å². The third-order valence-electron chi connectivity index (χ3n) is 6.62. The normalized spacial score (nSPS) is 27.1. The number of ether oxygens (including phenoxy) is 3. The second kappa shape index (κ2) is 9.36. The topological polar surface area (TPSA) is 85.8 Å². The zero-order valence-corrected chi connectivity index (χ0v) is 18.8. The molecular formula is C22H30N4O4S. The van der Waals surface area contributed by atoms with Gasteiger partial charge in [0.1, 0.15) is 17.0 Å². The Morgan fingerprint density at radius 1 is 1.26 bits per heavy atom. The number of hydrogen-bond donors (Lipinski definition) is 1. The van der Waals surface area contributed by atoms with E-state index in [-0.39, 0.29) is 5.97 Å². The molecule has 2 fully saturated rings. The highest BCUT2D eigenvalue weighted by Crippen LogP contribution is 2.39. The van der Waals surface area contributed by atoms with E-state index < -0.39 is 6.10 Å². The number of morpholine rings is 1. The molecule has 0 amide bonds. The molecule has 1 N–H and O–H groups in total. The van der Waals surface area contributed by atoms with Crippen LogP contribution in [0.25, 0.3) is 10.2 Å². The highest BCUT2D eigenvalue weighted by molar-refractivity contribution is 7.18. The number of fused-ring (bicyclic) bond motifs is 3.